The van der Waals surface area contributed by atoms with Crippen LogP contribution in [-0.2, 0) is 4.74 Å². The largest absolute Gasteiger partial charge is 0.508 e. The Morgan fingerprint density at radius 1 is 1.00 bits per heavy atom. The summed E-state index contributed by atoms with van der Waals surface area (Å²) in [5.74, 6) is -0.477. The Morgan fingerprint density at radius 3 is 2.15 bits per heavy atom. The average Bonchev–Trinajstić information content (AvgIpc) is 2.46. The summed E-state index contributed by atoms with van der Waals surface area (Å²) in [5.41, 5.74) is 2.09. The summed E-state index contributed by atoms with van der Waals surface area (Å²) in [6.45, 7) is 1.75. The van der Waals surface area contributed by atoms with Gasteiger partial charge in [0.1, 0.15) is 5.75 Å². The highest BCUT2D eigenvalue weighted by Crippen LogP contribution is 2.17. The number of hydrogen-bond donors (Lipinski definition) is 1. The van der Waals surface area contributed by atoms with Gasteiger partial charge in [0.15, 0.2) is 5.78 Å². The second-order valence-corrected chi connectivity index (χ2v) is 4.40. The SMILES string of the molecule is COC(=O)c1ccc(C(=O)c2ccc(O)cc2)cc1C. The molecule has 1 N–H and O–H groups in total. The molecular formula is C16H14O4. The van der Waals surface area contributed by atoms with E-state index >= 15 is 0 Å². The minimum atomic E-state index is -0.425. The van der Waals surface area contributed by atoms with Crippen molar-refractivity contribution < 1.29 is 19.4 Å². The Kier molecular flexibility index (Phi) is 3.84. The maximum atomic E-state index is 12.3. The highest BCUT2D eigenvalue weighted by molar-refractivity contribution is 6.09. The molecule has 0 bridgehead atoms. The zero-order valence-electron chi connectivity index (χ0n) is 11.2. The number of ketones is 1. The molecule has 0 aliphatic rings. The smallest absolute Gasteiger partial charge is 0.338 e. The molecular weight excluding hydrogens is 256 g/mol. The maximum absolute atomic E-state index is 12.3. The molecule has 0 aromatic heterocycles. The van der Waals surface area contributed by atoms with Crippen LogP contribution >= 0.6 is 0 Å². The number of carbonyl (C=O) groups is 2. The summed E-state index contributed by atoms with van der Waals surface area (Å²) >= 11 is 0. The van der Waals surface area contributed by atoms with Crippen molar-refractivity contribution in [1.82, 2.24) is 0 Å². The summed E-state index contributed by atoms with van der Waals surface area (Å²) in [4.78, 5) is 23.8. The Bertz CT molecular complexity index is 657. The summed E-state index contributed by atoms with van der Waals surface area (Å²) in [5, 5.41) is 9.22. The summed E-state index contributed by atoms with van der Waals surface area (Å²) in [6, 6.07) is 10.9. The van der Waals surface area contributed by atoms with Gasteiger partial charge in [0.05, 0.1) is 12.7 Å². The fourth-order valence-electron chi connectivity index (χ4n) is 1.92. The van der Waals surface area contributed by atoms with Crippen molar-refractivity contribution in [2.75, 3.05) is 7.11 Å². The highest BCUT2D eigenvalue weighted by Gasteiger charge is 2.13. The molecule has 0 unspecified atom stereocenters. The van der Waals surface area contributed by atoms with E-state index in [1.807, 2.05) is 0 Å². The van der Waals surface area contributed by atoms with Crippen LogP contribution in [0.4, 0.5) is 0 Å². The number of rotatable bonds is 3. The zero-order chi connectivity index (χ0) is 14.7. The monoisotopic (exact) mass is 270 g/mol. The lowest BCUT2D eigenvalue weighted by atomic mass is 9.99. The van der Waals surface area contributed by atoms with Gasteiger partial charge < -0.3 is 9.84 Å². The minimum absolute atomic E-state index is 0.110. The number of aryl methyl sites for hydroxylation is 1. The number of ether oxygens (including phenoxy) is 1. The van der Waals surface area contributed by atoms with E-state index in [0.717, 1.165) is 0 Å². The Balaban J connectivity index is 2.34. The first-order valence-electron chi connectivity index (χ1n) is 6.05. The molecule has 0 saturated heterocycles. The molecule has 0 heterocycles. The Morgan fingerprint density at radius 2 is 1.60 bits per heavy atom. The van der Waals surface area contributed by atoms with Crippen LogP contribution in [-0.4, -0.2) is 24.0 Å². The van der Waals surface area contributed by atoms with E-state index in [0.29, 0.717) is 22.3 Å². The molecule has 0 fully saturated rings. The van der Waals surface area contributed by atoms with Crippen molar-refractivity contribution >= 4 is 11.8 Å². The minimum Gasteiger partial charge on any atom is -0.508 e. The molecule has 4 nitrogen and oxygen atoms in total. The molecule has 0 radical (unpaired) electrons. The molecule has 0 aliphatic carbocycles. The van der Waals surface area contributed by atoms with Crippen LogP contribution < -0.4 is 0 Å². The first-order valence-corrected chi connectivity index (χ1v) is 6.05. The van der Waals surface area contributed by atoms with E-state index in [1.165, 1.54) is 19.2 Å². The van der Waals surface area contributed by atoms with Gasteiger partial charge in [0, 0.05) is 11.1 Å². The van der Waals surface area contributed by atoms with Crippen LogP contribution in [0.2, 0.25) is 0 Å². The fourth-order valence-corrected chi connectivity index (χ4v) is 1.92. The molecule has 0 spiro atoms. The van der Waals surface area contributed by atoms with Crippen LogP contribution in [0.3, 0.4) is 0 Å². The summed E-state index contributed by atoms with van der Waals surface area (Å²) in [6.07, 6.45) is 0. The first-order chi connectivity index (χ1) is 9.52. The third kappa shape index (κ3) is 2.69. The van der Waals surface area contributed by atoms with Gasteiger partial charge in [-0.1, -0.05) is 6.07 Å². The van der Waals surface area contributed by atoms with Gasteiger partial charge in [-0.05, 0) is 48.9 Å². The standard InChI is InChI=1S/C16H14O4/c1-10-9-12(5-8-14(10)16(19)20-2)15(18)11-3-6-13(17)7-4-11/h3-9,17H,1-2H3. The van der Waals surface area contributed by atoms with Gasteiger partial charge in [-0.3, -0.25) is 4.79 Å². The van der Waals surface area contributed by atoms with Gasteiger partial charge in [-0.2, -0.15) is 0 Å². The maximum Gasteiger partial charge on any atom is 0.338 e. The van der Waals surface area contributed by atoms with Gasteiger partial charge in [0.2, 0.25) is 0 Å². The van der Waals surface area contributed by atoms with Crippen LogP contribution in [0.15, 0.2) is 42.5 Å². The molecule has 2 aromatic rings. The van der Waals surface area contributed by atoms with E-state index in [1.54, 1.807) is 37.3 Å². The number of phenols is 1. The van der Waals surface area contributed by atoms with Crippen molar-refractivity contribution in [3.8, 4) is 5.75 Å². The van der Waals surface area contributed by atoms with E-state index in [2.05, 4.69) is 4.74 Å². The number of esters is 1. The lowest BCUT2D eigenvalue weighted by Gasteiger charge is -2.07. The third-order valence-corrected chi connectivity index (χ3v) is 3.02. The number of hydrogen-bond acceptors (Lipinski definition) is 4. The molecule has 0 amide bonds. The average molecular weight is 270 g/mol. The quantitative estimate of drug-likeness (QED) is 0.688. The number of carbonyl (C=O) groups excluding carboxylic acids is 2. The van der Waals surface area contributed by atoms with E-state index in [4.69, 9.17) is 0 Å². The first kappa shape index (κ1) is 13.8. The second kappa shape index (κ2) is 5.57. The van der Waals surface area contributed by atoms with Crippen LogP contribution in [0.1, 0.15) is 31.8 Å². The predicted octanol–water partition coefficient (Wildman–Crippen LogP) is 2.72. The van der Waals surface area contributed by atoms with Crippen molar-refractivity contribution in [3.05, 3.63) is 64.7 Å². The molecule has 20 heavy (non-hydrogen) atoms. The number of phenolic OH excluding ortho intramolecular Hbond substituents is 1. The Labute approximate surface area is 116 Å². The van der Waals surface area contributed by atoms with Crippen molar-refractivity contribution in [1.29, 1.82) is 0 Å². The molecule has 2 aromatic carbocycles. The molecule has 0 saturated carbocycles. The number of methoxy groups -OCH3 is 1. The van der Waals surface area contributed by atoms with Gasteiger partial charge in [-0.15, -0.1) is 0 Å². The van der Waals surface area contributed by atoms with E-state index in [-0.39, 0.29) is 11.5 Å². The molecule has 0 aliphatic heterocycles. The lowest BCUT2D eigenvalue weighted by molar-refractivity contribution is 0.0599. The molecule has 4 heteroatoms. The second-order valence-electron chi connectivity index (χ2n) is 4.40. The highest BCUT2D eigenvalue weighted by atomic mass is 16.5. The number of benzene rings is 2. The van der Waals surface area contributed by atoms with Gasteiger partial charge in [0.25, 0.3) is 0 Å². The van der Waals surface area contributed by atoms with Crippen molar-refractivity contribution in [2.45, 2.75) is 6.92 Å². The topological polar surface area (TPSA) is 63.6 Å². The molecule has 2 rings (SSSR count). The van der Waals surface area contributed by atoms with Gasteiger partial charge in [-0.25, -0.2) is 4.79 Å². The van der Waals surface area contributed by atoms with E-state index < -0.39 is 5.97 Å². The number of aromatic hydroxyl groups is 1. The van der Waals surface area contributed by atoms with Crippen molar-refractivity contribution in [3.63, 3.8) is 0 Å². The zero-order valence-corrected chi connectivity index (χ0v) is 11.2. The van der Waals surface area contributed by atoms with E-state index in [9.17, 15) is 14.7 Å². The van der Waals surface area contributed by atoms with Crippen LogP contribution in [0, 0.1) is 6.92 Å². The Hall–Kier alpha value is -2.62. The molecule has 102 valence electrons. The van der Waals surface area contributed by atoms with Crippen LogP contribution in [0.5, 0.6) is 5.75 Å². The third-order valence-electron chi connectivity index (χ3n) is 3.02. The normalized spacial score (nSPS) is 10.1. The summed E-state index contributed by atoms with van der Waals surface area (Å²) in [7, 11) is 1.32. The lowest BCUT2D eigenvalue weighted by Crippen LogP contribution is -2.07. The van der Waals surface area contributed by atoms with Gasteiger partial charge >= 0.3 is 5.97 Å². The summed E-state index contributed by atoms with van der Waals surface area (Å²) < 4.78 is 4.66. The van der Waals surface area contributed by atoms with Crippen molar-refractivity contribution in [2.24, 2.45) is 0 Å². The predicted molar refractivity (Wildman–Crippen MR) is 74.1 cm³/mol. The van der Waals surface area contributed by atoms with Crippen LogP contribution in [0.25, 0.3) is 0 Å². The molecule has 0 atom stereocenters. The fraction of sp³-hybridized carbons (Fsp3) is 0.125.